The van der Waals surface area contributed by atoms with Crippen molar-refractivity contribution in [2.75, 3.05) is 59.1 Å². The Morgan fingerprint density at radius 2 is 1.58 bits per heavy atom. The molecule has 0 bridgehead atoms. The van der Waals surface area contributed by atoms with E-state index in [1.165, 1.54) is 12.4 Å². The number of sulfone groups is 1. The number of nitrogens with one attached hydrogen (secondary N) is 4. The number of amides is 5. The van der Waals surface area contributed by atoms with Crippen LogP contribution in [0.5, 0.6) is 11.5 Å². The molecule has 5 amide bonds. The quantitative estimate of drug-likeness (QED) is 0.0151. The van der Waals surface area contributed by atoms with Gasteiger partial charge in [-0.3, -0.25) is 28.8 Å². The number of benzene rings is 1. The molecule has 0 saturated carbocycles. The maximum atomic E-state index is 14.1. The molecular weight excluding hydrogens is 1100 g/mol. The topological polar surface area (TPSA) is 309 Å². The van der Waals surface area contributed by atoms with Crippen molar-refractivity contribution < 1.29 is 61.2 Å². The normalized spacial score (nSPS) is 15.6. The molecule has 24 nitrogen and oxygen atoms in total. The van der Waals surface area contributed by atoms with Crippen molar-refractivity contribution in [1.29, 1.82) is 0 Å². The molecule has 3 aliphatic rings. The van der Waals surface area contributed by atoms with Gasteiger partial charge in [-0.05, 0) is 108 Å². The molecule has 0 spiro atoms. The van der Waals surface area contributed by atoms with Crippen LogP contribution in [0.3, 0.4) is 0 Å². The summed E-state index contributed by atoms with van der Waals surface area (Å²) in [6.45, 7) is 14.8. The predicted molar refractivity (Wildman–Crippen MR) is 309 cm³/mol. The number of hydrogen-bond donors (Lipinski definition) is 5. The highest BCUT2D eigenvalue weighted by Crippen LogP contribution is 2.43. The lowest BCUT2D eigenvalue weighted by molar-refractivity contribution is -0.172. The molecule has 0 radical (unpaired) electrons. The number of cyclic esters (lactones) is 1. The third-order valence-corrected chi connectivity index (χ3v) is 15.8. The smallest absolute Gasteiger partial charge is 0.343 e. The summed E-state index contributed by atoms with van der Waals surface area (Å²) in [6.07, 6.45) is 8.32. The van der Waals surface area contributed by atoms with Gasteiger partial charge in [0.2, 0.25) is 51.3 Å². The summed E-state index contributed by atoms with van der Waals surface area (Å²) in [4.78, 5) is 111. The predicted octanol–water partition coefficient (Wildman–Crippen LogP) is 3.13. The molecule has 84 heavy (non-hydrogen) atoms. The highest BCUT2D eigenvalue weighted by Gasteiger charge is 2.46. The molecule has 0 aliphatic carbocycles. The van der Waals surface area contributed by atoms with Gasteiger partial charge in [0.1, 0.15) is 32.0 Å². The Morgan fingerprint density at radius 1 is 0.869 bits per heavy atom. The summed E-state index contributed by atoms with van der Waals surface area (Å²) in [7, 11) is -3.55. The van der Waals surface area contributed by atoms with Gasteiger partial charge >= 0.3 is 5.97 Å². The summed E-state index contributed by atoms with van der Waals surface area (Å²) in [5.74, 6) is 3.10. The fourth-order valence-electron chi connectivity index (χ4n) is 10.5. The van der Waals surface area contributed by atoms with E-state index in [-0.39, 0.29) is 92.5 Å². The summed E-state index contributed by atoms with van der Waals surface area (Å²) in [5, 5.41) is 22.7. The van der Waals surface area contributed by atoms with Crippen molar-refractivity contribution in [3.8, 4) is 34.7 Å². The number of esters is 1. The summed E-state index contributed by atoms with van der Waals surface area (Å²) in [6, 6.07) is 2.96. The first-order valence-electron chi connectivity index (χ1n) is 28.7. The lowest BCUT2D eigenvalue weighted by Crippen LogP contribution is -2.56. The number of fused-ring (bicyclic) bond motifs is 6. The van der Waals surface area contributed by atoms with Crippen molar-refractivity contribution in [2.24, 2.45) is 5.92 Å². The van der Waals surface area contributed by atoms with Gasteiger partial charge in [0.15, 0.2) is 17.1 Å². The van der Waals surface area contributed by atoms with E-state index in [4.69, 9.17) is 23.9 Å². The van der Waals surface area contributed by atoms with Gasteiger partial charge in [-0.2, -0.15) is 0 Å². The number of carbonyl (C=O) groups excluding carboxylic acids is 6. The second kappa shape index (κ2) is 28.8. The summed E-state index contributed by atoms with van der Waals surface area (Å²) in [5.41, 5.74) is 1.41. The zero-order valence-electron chi connectivity index (χ0n) is 49.2. The highest BCUT2D eigenvalue weighted by atomic mass is 32.2. The molecule has 7 rings (SSSR count). The van der Waals surface area contributed by atoms with Crippen LogP contribution >= 0.6 is 0 Å². The van der Waals surface area contributed by atoms with E-state index >= 15 is 0 Å². The molecule has 6 heterocycles. The Bertz CT molecular complexity index is 3330. The Hall–Kier alpha value is -7.53. The van der Waals surface area contributed by atoms with Crippen molar-refractivity contribution in [2.45, 2.75) is 155 Å². The van der Waals surface area contributed by atoms with E-state index in [9.17, 15) is 47.1 Å². The largest absolute Gasteiger partial charge is 0.458 e. The lowest BCUT2D eigenvalue weighted by Gasteiger charge is -2.31. The van der Waals surface area contributed by atoms with Crippen LogP contribution in [0.1, 0.15) is 134 Å². The standard InChI is InChI=1S/C59H78N10O14S/c1-9-21-67(22-10-2)23-16-15-18-44(65-55(74)52(36(4)5)66-49(70)19-14-12-13-17-38-28-61-58(62-29-38)84(8,78)79)54(73)60-30-50(71)63-34-80-33-51(72)68(37(6)7)24-20-39-40-25-47-48(83-35-82-47)27-45(40)64-53-41(39)31-69-46(53)26-43-42(56(69)75)32-81-57(76)59(43,77)11-3/h25-29,36-37,44,52,77H,9-12,14-16,18-24,30-35H2,1-8H3,(H,60,73)(H,63,71)(H,65,74)(H,66,70)/t44-,52-,59-/m0/s1. The summed E-state index contributed by atoms with van der Waals surface area (Å²) < 4.78 is 47.2. The number of unbranched alkanes of at least 4 members (excludes halogenated alkanes) is 2. The molecular formula is C59H78N10O14S. The Balaban J connectivity index is 0.936. The van der Waals surface area contributed by atoms with Crippen LogP contribution in [0.2, 0.25) is 0 Å². The minimum absolute atomic E-state index is 0.00812. The van der Waals surface area contributed by atoms with Gasteiger partial charge in [-0.1, -0.05) is 46.5 Å². The molecule has 25 heteroatoms. The first-order chi connectivity index (χ1) is 40.1. The van der Waals surface area contributed by atoms with Gasteiger partial charge in [0, 0.05) is 66.7 Å². The van der Waals surface area contributed by atoms with Crippen molar-refractivity contribution >= 4 is 56.2 Å². The van der Waals surface area contributed by atoms with Crippen LogP contribution in [0.15, 0.2) is 40.5 Å². The second-order valence-corrected chi connectivity index (χ2v) is 23.8. The minimum Gasteiger partial charge on any atom is -0.458 e. The van der Waals surface area contributed by atoms with Gasteiger partial charge in [-0.15, -0.1) is 0 Å². The number of nitrogens with zero attached hydrogens (tertiary/aromatic N) is 6. The van der Waals surface area contributed by atoms with Gasteiger partial charge < -0.3 is 59.7 Å². The zero-order chi connectivity index (χ0) is 60.9. The molecule has 0 unspecified atom stereocenters. The molecule has 5 N–H and O–H groups in total. The van der Waals surface area contributed by atoms with Crippen LogP contribution in [-0.4, -0.2) is 156 Å². The third kappa shape index (κ3) is 15.6. The number of aromatic nitrogens is 4. The Labute approximate surface area is 489 Å². The maximum Gasteiger partial charge on any atom is 0.343 e. The fourth-order valence-corrected chi connectivity index (χ4v) is 11.0. The monoisotopic (exact) mass is 1180 g/mol. The SMILES string of the molecule is CCCN(CCC)CCCC[C@H](NC(=O)[C@@H](NC(=O)CCCC#Cc1cnc(S(C)(=O)=O)nc1)C(C)C)C(=O)NCC(=O)NCOCC(=O)N(CCc1c2c(nc3cc4c(cc13)OCO4)-c1cc3c(c(=O)n1C2)COC(=O)[C@]3(O)CC)C(C)C. The molecule has 0 fully saturated rings. The average Bonchev–Trinajstić information content (AvgIpc) is 1.63. The molecule has 1 aromatic carbocycles. The number of rotatable bonds is 29. The molecule has 454 valence electrons. The van der Waals surface area contributed by atoms with Gasteiger partial charge in [0.25, 0.3) is 5.56 Å². The van der Waals surface area contributed by atoms with Gasteiger partial charge in [-0.25, -0.2) is 28.2 Å². The van der Waals surface area contributed by atoms with Crippen molar-refractivity contribution in [1.82, 2.24) is 50.6 Å². The zero-order valence-corrected chi connectivity index (χ0v) is 50.0. The van der Waals surface area contributed by atoms with E-state index in [0.717, 1.165) is 61.7 Å². The van der Waals surface area contributed by atoms with E-state index in [0.29, 0.717) is 59.7 Å². The minimum atomic E-state index is -3.55. The maximum absolute atomic E-state index is 14.1. The van der Waals surface area contributed by atoms with E-state index in [1.807, 2.05) is 19.9 Å². The third-order valence-electron chi connectivity index (χ3n) is 15.0. The van der Waals surface area contributed by atoms with Crippen molar-refractivity contribution in [3.05, 3.63) is 68.8 Å². The van der Waals surface area contributed by atoms with E-state index in [2.05, 4.69) is 61.8 Å². The van der Waals surface area contributed by atoms with Crippen LogP contribution in [0, 0.1) is 17.8 Å². The van der Waals surface area contributed by atoms with E-state index < -0.39 is 69.9 Å². The van der Waals surface area contributed by atoms with Crippen LogP contribution in [-0.2, 0) is 73.3 Å². The Kier molecular flexibility index (Phi) is 22.0. The molecule has 0 saturated heterocycles. The fraction of sp³-hybridized carbons (Fsp3) is 0.559. The first-order valence-corrected chi connectivity index (χ1v) is 30.6. The van der Waals surface area contributed by atoms with Crippen LogP contribution < -0.4 is 36.3 Å². The number of pyridine rings is 2. The van der Waals surface area contributed by atoms with Crippen molar-refractivity contribution in [3.63, 3.8) is 0 Å². The Morgan fingerprint density at radius 3 is 2.25 bits per heavy atom. The molecule has 3 atom stereocenters. The van der Waals surface area contributed by atoms with E-state index in [1.54, 1.807) is 42.4 Å². The molecule has 3 aromatic heterocycles. The van der Waals surface area contributed by atoms with Crippen LogP contribution in [0.25, 0.3) is 22.3 Å². The number of carbonyl (C=O) groups is 6. The summed E-state index contributed by atoms with van der Waals surface area (Å²) >= 11 is 0. The molecule has 3 aliphatic heterocycles. The number of hydrogen-bond acceptors (Lipinski definition) is 18. The molecule has 4 aromatic rings. The second-order valence-electron chi connectivity index (χ2n) is 21.9. The highest BCUT2D eigenvalue weighted by molar-refractivity contribution is 7.90. The number of aliphatic hydroxyl groups is 1. The number of ether oxygens (including phenoxy) is 4. The lowest BCUT2D eigenvalue weighted by atomic mass is 9.86. The average molecular weight is 1180 g/mol. The van der Waals surface area contributed by atoms with Crippen LogP contribution in [0.4, 0.5) is 0 Å². The first kappa shape index (κ1) is 64.0. The van der Waals surface area contributed by atoms with Gasteiger partial charge in [0.05, 0.1) is 41.1 Å².